The van der Waals surface area contributed by atoms with Crippen molar-refractivity contribution in [1.29, 1.82) is 0 Å². The first kappa shape index (κ1) is 13.0. The smallest absolute Gasteiger partial charge is 0.0562 e. The van der Waals surface area contributed by atoms with Crippen molar-refractivity contribution in [3.8, 4) is 0 Å². The molecule has 16 heavy (non-hydrogen) atoms. The van der Waals surface area contributed by atoms with Crippen LogP contribution in [0.15, 0.2) is 18.3 Å². The van der Waals surface area contributed by atoms with Gasteiger partial charge in [-0.3, -0.25) is 4.98 Å². The topological polar surface area (TPSA) is 37.0 Å². The van der Waals surface area contributed by atoms with Gasteiger partial charge < -0.3 is 10.6 Å². The number of rotatable bonds is 7. The van der Waals surface area contributed by atoms with E-state index < -0.39 is 0 Å². The van der Waals surface area contributed by atoms with E-state index in [0.29, 0.717) is 5.92 Å². The number of anilines is 1. The molecule has 0 aromatic carbocycles. The van der Waals surface area contributed by atoms with Gasteiger partial charge in [-0.25, -0.2) is 0 Å². The maximum atomic E-state index is 4.34. The highest BCUT2D eigenvalue weighted by Gasteiger charge is 1.98. The summed E-state index contributed by atoms with van der Waals surface area (Å²) in [4.78, 5) is 4.34. The van der Waals surface area contributed by atoms with E-state index in [2.05, 4.69) is 42.5 Å². The fourth-order valence-electron chi connectivity index (χ4n) is 1.44. The van der Waals surface area contributed by atoms with E-state index in [1.165, 1.54) is 0 Å². The zero-order valence-electron chi connectivity index (χ0n) is 10.6. The Balaban J connectivity index is 2.40. The van der Waals surface area contributed by atoms with Crippen LogP contribution < -0.4 is 10.6 Å². The molecule has 0 spiro atoms. The predicted octanol–water partition coefficient (Wildman–Crippen LogP) is 2.65. The minimum absolute atomic E-state index is 0.682. The minimum atomic E-state index is 0.682. The Morgan fingerprint density at radius 2 is 2.19 bits per heavy atom. The Labute approximate surface area is 98.7 Å². The van der Waals surface area contributed by atoms with E-state index in [9.17, 15) is 0 Å². The molecule has 0 aliphatic heterocycles. The lowest BCUT2D eigenvalue weighted by Crippen LogP contribution is -2.19. The van der Waals surface area contributed by atoms with Gasteiger partial charge >= 0.3 is 0 Å². The molecular formula is C13H23N3. The Bertz CT molecular complexity index is 297. The zero-order chi connectivity index (χ0) is 11.8. The number of aromatic nitrogens is 1. The van der Waals surface area contributed by atoms with Gasteiger partial charge in [0.25, 0.3) is 0 Å². The molecule has 0 aliphatic rings. The van der Waals surface area contributed by atoms with Gasteiger partial charge in [-0.1, -0.05) is 20.8 Å². The van der Waals surface area contributed by atoms with Crippen LogP contribution in [0, 0.1) is 5.92 Å². The molecule has 0 radical (unpaired) electrons. The van der Waals surface area contributed by atoms with Crippen LogP contribution in [0.4, 0.5) is 5.69 Å². The summed E-state index contributed by atoms with van der Waals surface area (Å²) in [7, 11) is 0. The summed E-state index contributed by atoms with van der Waals surface area (Å²) in [5, 5.41) is 6.76. The highest BCUT2D eigenvalue weighted by Crippen LogP contribution is 2.07. The van der Waals surface area contributed by atoms with Gasteiger partial charge in [0.2, 0.25) is 0 Å². The third-order valence-electron chi connectivity index (χ3n) is 2.25. The number of nitrogens with zero attached hydrogens (tertiary/aromatic N) is 1. The van der Waals surface area contributed by atoms with Gasteiger partial charge in [0.05, 0.1) is 5.69 Å². The van der Waals surface area contributed by atoms with Crippen LogP contribution >= 0.6 is 0 Å². The quantitative estimate of drug-likeness (QED) is 0.743. The van der Waals surface area contributed by atoms with Gasteiger partial charge in [0.15, 0.2) is 0 Å². The summed E-state index contributed by atoms with van der Waals surface area (Å²) in [5.74, 6) is 0.682. The molecule has 90 valence electrons. The Kier molecular flexibility index (Phi) is 5.86. The average Bonchev–Trinajstić information content (AvgIpc) is 2.26. The van der Waals surface area contributed by atoms with Crippen molar-refractivity contribution < 1.29 is 0 Å². The highest BCUT2D eigenvalue weighted by molar-refractivity contribution is 5.42. The molecule has 0 aliphatic carbocycles. The summed E-state index contributed by atoms with van der Waals surface area (Å²) in [6.45, 7) is 9.48. The second-order valence-corrected chi connectivity index (χ2v) is 4.49. The van der Waals surface area contributed by atoms with Crippen molar-refractivity contribution in [2.75, 3.05) is 18.4 Å². The normalized spacial score (nSPS) is 10.8. The molecule has 3 heteroatoms. The molecule has 0 bridgehead atoms. The summed E-state index contributed by atoms with van der Waals surface area (Å²) < 4.78 is 0. The molecule has 0 saturated heterocycles. The molecule has 1 heterocycles. The summed E-state index contributed by atoms with van der Waals surface area (Å²) in [5.41, 5.74) is 2.26. The Morgan fingerprint density at radius 3 is 2.88 bits per heavy atom. The molecule has 1 aromatic rings. The first-order valence-electron chi connectivity index (χ1n) is 6.12. The van der Waals surface area contributed by atoms with Crippen LogP contribution in [0.3, 0.4) is 0 Å². The number of pyridine rings is 1. The van der Waals surface area contributed by atoms with Gasteiger partial charge in [0, 0.05) is 25.0 Å². The maximum Gasteiger partial charge on any atom is 0.0562 e. The van der Waals surface area contributed by atoms with Crippen LogP contribution in [-0.2, 0) is 6.54 Å². The van der Waals surface area contributed by atoms with Crippen molar-refractivity contribution >= 4 is 5.69 Å². The predicted molar refractivity (Wildman–Crippen MR) is 69.6 cm³/mol. The number of hydrogen-bond acceptors (Lipinski definition) is 3. The third-order valence-corrected chi connectivity index (χ3v) is 2.25. The molecule has 1 aromatic heterocycles. The molecule has 0 atom stereocenters. The SMILES string of the molecule is CCCNc1ccnc(CNCC(C)C)c1. The molecular weight excluding hydrogens is 198 g/mol. The van der Waals surface area contributed by atoms with Crippen LogP contribution in [0.25, 0.3) is 0 Å². The second-order valence-electron chi connectivity index (χ2n) is 4.49. The van der Waals surface area contributed by atoms with Crippen LogP contribution in [0.2, 0.25) is 0 Å². The van der Waals surface area contributed by atoms with E-state index in [1.54, 1.807) is 0 Å². The monoisotopic (exact) mass is 221 g/mol. The van der Waals surface area contributed by atoms with Gasteiger partial charge in [0.1, 0.15) is 0 Å². The Morgan fingerprint density at radius 1 is 1.38 bits per heavy atom. The van der Waals surface area contributed by atoms with Gasteiger partial charge in [-0.2, -0.15) is 0 Å². The van der Waals surface area contributed by atoms with Crippen molar-refractivity contribution in [2.24, 2.45) is 5.92 Å². The van der Waals surface area contributed by atoms with E-state index in [4.69, 9.17) is 0 Å². The van der Waals surface area contributed by atoms with Crippen molar-refractivity contribution in [2.45, 2.75) is 33.7 Å². The van der Waals surface area contributed by atoms with Crippen molar-refractivity contribution in [3.05, 3.63) is 24.0 Å². The zero-order valence-corrected chi connectivity index (χ0v) is 10.6. The highest BCUT2D eigenvalue weighted by atomic mass is 14.9. The Hall–Kier alpha value is -1.09. The lowest BCUT2D eigenvalue weighted by atomic mass is 10.2. The molecule has 2 N–H and O–H groups in total. The molecule has 3 nitrogen and oxygen atoms in total. The fraction of sp³-hybridized carbons (Fsp3) is 0.615. The lowest BCUT2D eigenvalue weighted by Gasteiger charge is -2.09. The number of hydrogen-bond donors (Lipinski definition) is 2. The van der Waals surface area contributed by atoms with Gasteiger partial charge in [-0.15, -0.1) is 0 Å². The van der Waals surface area contributed by atoms with Crippen LogP contribution in [-0.4, -0.2) is 18.1 Å². The van der Waals surface area contributed by atoms with Crippen LogP contribution in [0.1, 0.15) is 32.9 Å². The number of nitrogens with one attached hydrogen (secondary N) is 2. The van der Waals surface area contributed by atoms with E-state index >= 15 is 0 Å². The summed E-state index contributed by atoms with van der Waals surface area (Å²) in [6.07, 6.45) is 3.01. The standard InChI is InChI=1S/C13H23N3/c1-4-6-15-12-5-7-16-13(8-12)10-14-9-11(2)3/h5,7-8,11,14H,4,6,9-10H2,1-3H3,(H,15,16). The first-order valence-corrected chi connectivity index (χ1v) is 6.12. The van der Waals surface area contributed by atoms with E-state index in [0.717, 1.165) is 37.4 Å². The second kappa shape index (κ2) is 7.23. The van der Waals surface area contributed by atoms with E-state index in [-0.39, 0.29) is 0 Å². The van der Waals surface area contributed by atoms with Crippen LogP contribution in [0.5, 0.6) is 0 Å². The average molecular weight is 221 g/mol. The van der Waals surface area contributed by atoms with E-state index in [1.807, 2.05) is 12.3 Å². The molecule has 1 rings (SSSR count). The molecule has 0 amide bonds. The van der Waals surface area contributed by atoms with Crippen molar-refractivity contribution in [1.82, 2.24) is 10.3 Å². The van der Waals surface area contributed by atoms with Gasteiger partial charge in [-0.05, 0) is 31.0 Å². The molecule has 0 fully saturated rings. The molecule has 0 saturated carbocycles. The molecule has 0 unspecified atom stereocenters. The summed E-state index contributed by atoms with van der Waals surface area (Å²) in [6, 6.07) is 4.13. The lowest BCUT2D eigenvalue weighted by molar-refractivity contribution is 0.548. The fourth-order valence-corrected chi connectivity index (χ4v) is 1.44. The summed E-state index contributed by atoms with van der Waals surface area (Å²) >= 11 is 0. The first-order chi connectivity index (χ1) is 7.72. The third kappa shape index (κ3) is 5.12. The largest absolute Gasteiger partial charge is 0.385 e. The van der Waals surface area contributed by atoms with Crippen molar-refractivity contribution in [3.63, 3.8) is 0 Å². The maximum absolute atomic E-state index is 4.34. The minimum Gasteiger partial charge on any atom is -0.385 e.